The van der Waals surface area contributed by atoms with Crippen molar-refractivity contribution >= 4 is 17.5 Å². The van der Waals surface area contributed by atoms with Crippen LogP contribution in [0.2, 0.25) is 0 Å². The molecule has 0 bridgehead atoms. The van der Waals surface area contributed by atoms with E-state index >= 15 is 0 Å². The van der Waals surface area contributed by atoms with Crippen LogP contribution in [0.3, 0.4) is 0 Å². The number of primary amides is 1. The van der Waals surface area contributed by atoms with E-state index in [2.05, 4.69) is 15.2 Å². The molecule has 4 N–H and O–H groups in total. The van der Waals surface area contributed by atoms with Gasteiger partial charge in [-0.3, -0.25) is 4.79 Å². The summed E-state index contributed by atoms with van der Waals surface area (Å²) in [4.78, 5) is 18.6. The number of aromatic nitrogens is 1. The maximum absolute atomic E-state index is 11.8. The van der Waals surface area contributed by atoms with Gasteiger partial charge in [0.05, 0.1) is 30.9 Å². The van der Waals surface area contributed by atoms with E-state index in [1.165, 1.54) is 12.8 Å². The van der Waals surface area contributed by atoms with Crippen molar-refractivity contribution < 1.29 is 14.6 Å². The van der Waals surface area contributed by atoms with E-state index in [0.29, 0.717) is 35.8 Å². The van der Waals surface area contributed by atoms with Crippen LogP contribution >= 0.6 is 0 Å². The number of nitrogens with zero attached hydrogens (tertiary/aromatic N) is 2. The third-order valence-corrected chi connectivity index (χ3v) is 5.61. The summed E-state index contributed by atoms with van der Waals surface area (Å²) in [6.45, 7) is 2.60. The van der Waals surface area contributed by atoms with E-state index in [9.17, 15) is 9.90 Å². The Morgan fingerprint density at radius 3 is 2.62 bits per heavy atom. The second kappa shape index (κ2) is 5.89. The number of piperidine rings is 1. The van der Waals surface area contributed by atoms with Crippen molar-refractivity contribution in [1.29, 1.82) is 0 Å². The second-order valence-electron chi connectivity index (χ2n) is 7.27. The quantitative estimate of drug-likeness (QED) is 0.752. The first kappa shape index (κ1) is 15.7. The molecule has 2 aliphatic heterocycles. The second-order valence-corrected chi connectivity index (χ2v) is 7.27. The van der Waals surface area contributed by atoms with Crippen LogP contribution in [-0.2, 0) is 4.74 Å². The molecule has 1 spiro atoms. The molecule has 1 saturated carbocycles. The number of aliphatic hydroxyl groups excluding tert-OH is 1. The maximum atomic E-state index is 11.8. The highest BCUT2D eigenvalue weighted by molar-refractivity contribution is 5.98. The summed E-state index contributed by atoms with van der Waals surface area (Å²) < 4.78 is 5.26. The number of carbonyl (C=O) groups excluding carboxylic acids is 1. The number of amides is 1. The number of rotatable bonds is 4. The fourth-order valence-corrected chi connectivity index (χ4v) is 3.70. The molecule has 3 heterocycles. The van der Waals surface area contributed by atoms with Crippen LogP contribution in [0.25, 0.3) is 0 Å². The third kappa shape index (κ3) is 2.93. The molecule has 1 aliphatic carbocycles. The molecule has 0 radical (unpaired) electrons. The van der Waals surface area contributed by atoms with Crippen molar-refractivity contribution in [1.82, 2.24) is 4.98 Å². The van der Waals surface area contributed by atoms with E-state index in [-0.39, 0.29) is 6.04 Å². The van der Waals surface area contributed by atoms with Crippen LogP contribution in [0.15, 0.2) is 12.1 Å². The largest absolute Gasteiger partial charge is 0.388 e. The van der Waals surface area contributed by atoms with Gasteiger partial charge in [0.15, 0.2) is 0 Å². The van der Waals surface area contributed by atoms with E-state index in [0.717, 1.165) is 25.9 Å². The molecule has 3 fully saturated rings. The van der Waals surface area contributed by atoms with E-state index in [1.54, 1.807) is 12.1 Å². The molecular formula is C17H24N4O3. The van der Waals surface area contributed by atoms with E-state index in [1.807, 2.05) is 0 Å². The van der Waals surface area contributed by atoms with Gasteiger partial charge in [0.2, 0.25) is 0 Å². The first-order chi connectivity index (χ1) is 11.6. The van der Waals surface area contributed by atoms with Gasteiger partial charge in [0, 0.05) is 13.1 Å². The molecule has 24 heavy (non-hydrogen) atoms. The first-order valence-electron chi connectivity index (χ1n) is 8.65. The van der Waals surface area contributed by atoms with Crippen LogP contribution < -0.4 is 16.0 Å². The highest BCUT2D eigenvalue weighted by Gasteiger charge is 2.44. The Morgan fingerprint density at radius 2 is 2.04 bits per heavy atom. The fourth-order valence-electron chi connectivity index (χ4n) is 3.70. The number of aliphatic hydroxyl groups is 1. The summed E-state index contributed by atoms with van der Waals surface area (Å²) in [7, 11) is 0. The molecular weight excluding hydrogens is 308 g/mol. The van der Waals surface area contributed by atoms with Crippen molar-refractivity contribution in [2.75, 3.05) is 36.5 Å². The van der Waals surface area contributed by atoms with Crippen LogP contribution in [0.5, 0.6) is 0 Å². The fraction of sp³-hybridized carbons (Fsp3) is 0.647. The molecule has 1 amide bonds. The summed E-state index contributed by atoms with van der Waals surface area (Å²) >= 11 is 0. The molecule has 2 saturated heterocycles. The summed E-state index contributed by atoms with van der Waals surface area (Å²) in [5.74, 6) is 0.827. The monoisotopic (exact) mass is 332 g/mol. The number of hydrogen-bond donors (Lipinski definition) is 3. The van der Waals surface area contributed by atoms with Crippen molar-refractivity contribution in [3.63, 3.8) is 0 Å². The van der Waals surface area contributed by atoms with Gasteiger partial charge in [-0.25, -0.2) is 4.98 Å². The smallest absolute Gasteiger partial charge is 0.252 e. The first-order valence-corrected chi connectivity index (χ1v) is 8.65. The molecule has 4 rings (SSSR count). The number of anilines is 2. The van der Waals surface area contributed by atoms with Gasteiger partial charge >= 0.3 is 0 Å². The molecule has 3 aliphatic rings. The van der Waals surface area contributed by atoms with Crippen molar-refractivity contribution in [3.05, 3.63) is 17.7 Å². The SMILES string of the molecule is NC(=O)c1ccc(N[C@H]2COC[C@@H]2O)nc1N1CCC2(CC1)CC2. The zero-order valence-corrected chi connectivity index (χ0v) is 13.7. The molecule has 7 nitrogen and oxygen atoms in total. The standard InChI is InChI=1S/C17H24N4O3/c18-15(23)11-1-2-14(19-12-9-24-10-13(12)22)20-16(11)21-7-5-17(3-4-17)6-8-21/h1-2,12-13,22H,3-10H2,(H2,18,23)(H,19,20)/t12-,13-/m0/s1. The molecule has 2 atom stereocenters. The molecule has 0 aromatic carbocycles. The van der Waals surface area contributed by atoms with Gasteiger partial charge in [0.1, 0.15) is 11.6 Å². The lowest BCUT2D eigenvalue weighted by Crippen LogP contribution is -2.37. The van der Waals surface area contributed by atoms with Crippen molar-refractivity contribution in [3.8, 4) is 0 Å². The van der Waals surface area contributed by atoms with E-state index < -0.39 is 12.0 Å². The van der Waals surface area contributed by atoms with E-state index in [4.69, 9.17) is 10.5 Å². The third-order valence-electron chi connectivity index (χ3n) is 5.61. The minimum atomic E-state index is -0.546. The molecule has 1 aromatic heterocycles. The number of carbonyl (C=O) groups is 1. The Hall–Kier alpha value is -1.86. The van der Waals surface area contributed by atoms with Gasteiger partial charge in [-0.2, -0.15) is 0 Å². The number of nitrogens with one attached hydrogen (secondary N) is 1. The Balaban J connectivity index is 1.55. The van der Waals surface area contributed by atoms with Crippen molar-refractivity contribution in [2.24, 2.45) is 11.1 Å². The Morgan fingerprint density at radius 1 is 1.29 bits per heavy atom. The molecule has 0 unspecified atom stereocenters. The lowest BCUT2D eigenvalue weighted by Gasteiger charge is -2.34. The molecule has 130 valence electrons. The maximum Gasteiger partial charge on any atom is 0.252 e. The molecule has 1 aromatic rings. The lowest BCUT2D eigenvalue weighted by atomic mass is 9.93. The van der Waals surface area contributed by atoms with Crippen LogP contribution in [0.1, 0.15) is 36.0 Å². The summed E-state index contributed by atoms with van der Waals surface area (Å²) in [5, 5.41) is 13.1. The highest BCUT2D eigenvalue weighted by atomic mass is 16.5. The Kier molecular flexibility index (Phi) is 3.85. The normalized spacial score (nSPS) is 28.1. The minimum Gasteiger partial charge on any atom is -0.388 e. The van der Waals surface area contributed by atoms with Gasteiger partial charge in [-0.05, 0) is 43.2 Å². The van der Waals surface area contributed by atoms with Crippen LogP contribution in [0.4, 0.5) is 11.6 Å². The summed E-state index contributed by atoms with van der Waals surface area (Å²) in [6.07, 6.45) is 4.42. The zero-order chi connectivity index (χ0) is 16.7. The predicted molar refractivity (Wildman–Crippen MR) is 90.1 cm³/mol. The highest BCUT2D eigenvalue weighted by Crippen LogP contribution is 2.53. The van der Waals surface area contributed by atoms with Gasteiger partial charge in [-0.15, -0.1) is 0 Å². The Labute approximate surface area is 141 Å². The van der Waals surface area contributed by atoms with Gasteiger partial charge in [-0.1, -0.05) is 0 Å². The van der Waals surface area contributed by atoms with Crippen molar-refractivity contribution in [2.45, 2.75) is 37.8 Å². The molecule has 7 heteroatoms. The number of ether oxygens (including phenoxy) is 1. The minimum absolute atomic E-state index is 0.180. The van der Waals surface area contributed by atoms with Crippen LogP contribution in [0, 0.1) is 5.41 Å². The number of hydrogen-bond acceptors (Lipinski definition) is 6. The predicted octanol–water partition coefficient (Wildman–Crippen LogP) is 0.732. The lowest BCUT2D eigenvalue weighted by molar-refractivity contribution is 0.100. The topological polar surface area (TPSA) is 101 Å². The Bertz CT molecular complexity index is 637. The van der Waals surface area contributed by atoms with Gasteiger partial charge < -0.3 is 25.8 Å². The number of pyridine rings is 1. The van der Waals surface area contributed by atoms with Gasteiger partial charge in [0.25, 0.3) is 5.91 Å². The van der Waals surface area contributed by atoms with Crippen LogP contribution in [-0.4, -0.2) is 54.4 Å². The average molecular weight is 332 g/mol. The number of nitrogens with two attached hydrogens (primary N) is 1. The zero-order valence-electron chi connectivity index (χ0n) is 13.7. The summed E-state index contributed by atoms with van der Waals surface area (Å²) in [6, 6.07) is 3.28. The average Bonchev–Trinajstić information content (AvgIpc) is 3.21. The summed E-state index contributed by atoms with van der Waals surface area (Å²) in [5.41, 5.74) is 6.55.